The molecule has 0 aliphatic rings. The number of esters is 1. The molecule has 0 spiro atoms. The molecule has 7 heteroatoms. The topological polar surface area (TPSA) is 81.4 Å². The van der Waals surface area contributed by atoms with Crippen molar-refractivity contribution < 1.29 is 23.2 Å². The molecule has 6 nitrogen and oxygen atoms in total. The molecule has 2 aromatic rings. The van der Waals surface area contributed by atoms with Crippen molar-refractivity contribution in [1.82, 2.24) is 5.16 Å². The Balaban J connectivity index is 1.89. The van der Waals surface area contributed by atoms with Gasteiger partial charge < -0.3 is 14.6 Å². The fourth-order valence-corrected chi connectivity index (χ4v) is 1.71. The number of rotatable bonds is 4. The van der Waals surface area contributed by atoms with Gasteiger partial charge in [-0.1, -0.05) is 5.16 Å². The monoisotopic (exact) mass is 292 g/mol. The normalized spacial score (nSPS) is 10.2. The summed E-state index contributed by atoms with van der Waals surface area (Å²) in [5, 5.41) is 6.11. The number of carbonyl (C=O) groups is 2. The third kappa shape index (κ3) is 3.65. The maximum atomic E-state index is 12.7. The number of ether oxygens (including phenoxy) is 1. The van der Waals surface area contributed by atoms with Crippen molar-refractivity contribution >= 4 is 17.6 Å². The molecule has 0 aliphatic heterocycles. The number of hydrogen-bond donors (Lipinski definition) is 1. The number of carbonyl (C=O) groups excluding carboxylic acids is 2. The van der Waals surface area contributed by atoms with Crippen LogP contribution in [0.2, 0.25) is 0 Å². The summed E-state index contributed by atoms with van der Waals surface area (Å²) in [5.74, 6) is -1.28. The van der Waals surface area contributed by atoms with Crippen LogP contribution in [0.25, 0.3) is 0 Å². The first kappa shape index (κ1) is 14.7. The lowest BCUT2D eigenvalue weighted by atomic mass is 10.2. The number of aryl methyl sites for hydroxylation is 2. The molecule has 0 radical (unpaired) electrons. The average molecular weight is 292 g/mol. The third-order valence-corrected chi connectivity index (χ3v) is 2.70. The summed E-state index contributed by atoms with van der Waals surface area (Å²) >= 11 is 0. The molecule has 0 saturated heterocycles. The smallest absolute Gasteiger partial charge is 0.344 e. The highest BCUT2D eigenvalue weighted by Gasteiger charge is 2.19. The van der Waals surface area contributed by atoms with Gasteiger partial charge in [-0.05, 0) is 38.1 Å². The minimum Gasteiger partial charge on any atom is -0.452 e. The van der Waals surface area contributed by atoms with Gasteiger partial charge in [-0.2, -0.15) is 0 Å². The summed E-state index contributed by atoms with van der Waals surface area (Å²) in [4.78, 5) is 23.4. The molecule has 1 amide bonds. The first-order valence-electron chi connectivity index (χ1n) is 6.13. The van der Waals surface area contributed by atoms with Gasteiger partial charge in [0.2, 0.25) is 0 Å². The Bertz CT molecular complexity index is 645. The van der Waals surface area contributed by atoms with Crippen LogP contribution in [0.4, 0.5) is 10.1 Å². The zero-order chi connectivity index (χ0) is 15.4. The van der Waals surface area contributed by atoms with Crippen LogP contribution in [0, 0.1) is 19.7 Å². The highest BCUT2D eigenvalue weighted by Crippen LogP contribution is 2.13. The van der Waals surface area contributed by atoms with Crippen LogP contribution >= 0.6 is 0 Å². The number of nitrogens with one attached hydrogen (secondary N) is 1. The van der Waals surface area contributed by atoms with Crippen LogP contribution in [0.15, 0.2) is 28.8 Å². The molecule has 21 heavy (non-hydrogen) atoms. The molecular formula is C14H13FN2O4. The largest absolute Gasteiger partial charge is 0.452 e. The lowest BCUT2D eigenvalue weighted by Crippen LogP contribution is -2.21. The number of nitrogens with zero attached hydrogens (tertiary/aromatic N) is 1. The highest BCUT2D eigenvalue weighted by molar-refractivity contribution is 5.96. The van der Waals surface area contributed by atoms with Crippen molar-refractivity contribution in [2.45, 2.75) is 13.8 Å². The molecule has 0 atom stereocenters. The molecule has 1 aromatic carbocycles. The molecule has 0 unspecified atom stereocenters. The summed E-state index contributed by atoms with van der Waals surface area (Å²) in [7, 11) is 0. The van der Waals surface area contributed by atoms with Crippen LogP contribution in [0.1, 0.15) is 21.8 Å². The Morgan fingerprint density at radius 2 is 1.95 bits per heavy atom. The molecule has 1 aromatic heterocycles. The quantitative estimate of drug-likeness (QED) is 0.874. The fraction of sp³-hybridized carbons (Fsp3) is 0.214. The predicted molar refractivity (Wildman–Crippen MR) is 71.3 cm³/mol. The molecule has 0 fully saturated rings. The van der Waals surface area contributed by atoms with Crippen molar-refractivity contribution in [2.75, 3.05) is 11.9 Å². The van der Waals surface area contributed by atoms with E-state index >= 15 is 0 Å². The number of hydrogen-bond acceptors (Lipinski definition) is 5. The molecule has 0 saturated carbocycles. The maximum Gasteiger partial charge on any atom is 0.344 e. The molecule has 1 heterocycles. The summed E-state index contributed by atoms with van der Waals surface area (Å²) < 4.78 is 22.4. The van der Waals surface area contributed by atoms with Gasteiger partial charge in [0.1, 0.15) is 17.1 Å². The first-order valence-corrected chi connectivity index (χ1v) is 6.13. The molecule has 2 rings (SSSR count). The standard InChI is InChI=1S/C14H13FN2O4/c1-8-13(9(2)21-17-8)14(19)20-7-12(18)16-11-5-3-10(15)4-6-11/h3-6H,7H2,1-2H3,(H,16,18). The van der Waals surface area contributed by atoms with Gasteiger partial charge in [0.25, 0.3) is 5.91 Å². The summed E-state index contributed by atoms with van der Waals surface area (Å²) in [6.45, 7) is 2.72. The van der Waals surface area contributed by atoms with E-state index in [1.807, 2.05) is 0 Å². The predicted octanol–water partition coefficient (Wildman–Crippen LogP) is 2.23. The second-order valence-corrected chi connectivity index (χ2v) is 4.33. The number of aromatic nitrogens is 1. The van der Waals surface area contributed by atoms with Crippen LogP contribution < -0.4 is 5.32 Å². The van der Waals surface area contributed by atoms with Gasteiger partial charge in [-0.25, -0.2) is 9.18 Å². The highest BCUT2D eigenvalue weighted by atomic mass is 19.1. The lowest BCUT2D eigenvalue weighted by molar-refractivity contribution is -0.119. The van der Waals surface area contributed by atoms with Crippen LogP contribution in [-0.2, 0) is 9.53 Å². The minimum atomic E-state index is -0.680. The van der Waals surface area contributed by atoms with Crippen LogP contribution in [0.3, 0.4) is 0 Å². The summed E-state index contributed by atoms with van der Waals surface area (Å²) in [6, 6.07) is 5.24. The Hall–Kier alpha value is -2.70. The second-order valence-electron chi connectivity index (χ2n) is 4.33. The Kier molecular flexibility index (Phi) is 4.32. The minimum absolute atomic E-state index is 0.213. The fourth-order valence-electron chi connectivity index (χ4n) is 1.71. The SMILES string of the molecule is Cc1noc(C)c1C(=O)OCC(=O)Nc1ccc(F)cc1. The average Bonchev–Trinajstić information content (AvgIpc) is 2.78. The first-order chi connectivity index (χ1) is 9.97. The van der Waals surface area contributed by atoms with Gasteiger partial charge in [-0.3, -0.25) is 4.79 Å². The van der Waals surface area contributed by atoms with Crippen molar-refractivity contribution in [3.05, 3.63) is 47.1 Å². The lowest BCUT2D eigenvalue weighted by Gasteiger charge is -2.06. The van der Waals surface area contributed by atoms with Gasteiger partial charge in [0.05, 0.1) is 5.69 Å². The van der Waals surface area contributed by atoms with E-state index in [4.69, 9.17) is 9.26 Å². The van der Waals surface area contributed by atoms with E-state index in [0.717, 1.165) is 0 Å². The van der Waals surface area contributed by atoms with E-state index in [2.05, 4.69) is 10.5 Å². The van der Waals surface area contributed by atoms with E-state index in [-0.39, 0.29) is 5.56 Å². The Morgan fingerprint density at radius 3 is 2.52 bits per heavy atom. The second kappa shape index (κ2) is 6.17. The van der Waals surface area contributed by atoms with Crippen LogP contribution in [0.5, 0.6) is 0 Å². The van der Waals surface area contributed by atoms with E-state index in [9.17, 15) is 14.0 Å². The van der Waals surface area contributed by atoms with Crippen molar-refractivity contribution in [2.24, 2.45) is 0 Å². The van der Waals surface area contributed by atoms with Gasteiger partial charge in [0.15, 0.2) is 6.61 Å². The number of amides is 1. The number of halogens is 1. The third-order valence-electron chi connectivity index (χ3n) is 2.70. The Labute approximate surface area is 119 Å². The molecule has 1 N–H and O–H groups in total. The zero-order valence-corrected chi connectivity index (χ0v) is 11.5. The molecule has 110 valence electrons. The van der Waals surface area contributed by atoms with Crippen LogP contribution in [-0.4, -0.2) is 23.6 Å². The van der Waals surface area contributed by atoms with E-state index in [0.29, 0.717) is 17.1 Å². The molecule has 0 aliphatic carbocycles. The molecular weight excluding hydrogens is 279 g/mol. The van der Waals surface area contributed by atoms with Crippen molar-refractivity contribution in [3.8, 4) is 0 Å². The van der Waals surface area contributed by atoms with Gasteiger partial charge >= 0.3 is 5.97 Å². The Morgan fingerprint density at radius 1 is 1.29 bits per heavy atom. The maximum absolute atomic E-state index is 12.7. The van der Waals surface area contributed by atoms with E-state index in [1.54, 1.807) is 13.8 Å². The van der Waals surface area contributed by atoms with E-state index in [1.165, 1.54) is 24.3 Å². The van der Waals surface area contributed by atoms with Crippen molar-refractivity contribution in [1.29, 1.82) is 0 Å². The van der Waals surface area contributed by atoms with Crippen molar-refractivity contribution in [3.63, 3.8) is 0 Å². The summed E-state index contributed by atoms with van der Waals surface area (Å²) in [6.07, 6.45) is 0. The van der Waals surface area contributed by atoms with E-state index < -0.39 is 24.3 Å². The number of benzene rings is 1. The zero-order valence-electron chi connectivity index (χ0n) is 11.5. The molecule has 0 bridgehead atoms. The number of anilines is 1. The van der Waals surface area contributed by atoms with Gasteiger partial charge in [-0.15, -0.1) is 0 Å². The summed E-state index contributed by atoms with van der Waals surface area (Å²) in [5.41, 5.74) is 1.02. The van der Waals surface area contributed by atoms with Gasteiger partial charge in [0, 0.05) is 5.69 Å².